The number of carboxylic acid groups (broad SMARTS) is 1. The van der Waals surface area contributed by atoms with Crippen molar-refractivity contribution in [2.75, 3.05) is 6.54 Å². The van der Waals surface area contributed by atoms with Crippen LogP contribution in [-0.4, -0.2) is 38.2 Å². The first-order chi connectivity index (χ1) is 14.6. The molecule has 1 amide bonds. The number of nitrogens with zero attached hydrogens (tertiary/aromatic N) is 3. The quantitative estimate of drug-likeness (QED) is 0.468. The maximum absolute atomic E-state index is 11.7. The molecule has 3 aromatic rings. The van der Waals surface area contributed by atoms with Crippen LogP contribution in [-0.2, 0) is 7.05 Å². The lowest BCUT2D eigenvalue weighted by Gasteiger charge is -2.67. The van der Waals surface area contributed by atoms with Gasteiger partial charge in [0.05, 0.1) is 5.69 Å². The highest BCUT2D eigenvalue weighted by atomic mass is 79.9. The van der Waals surface area contributed by atoms with Gasteiger partial charge in [0, 0.05) is 36.5 Å². The van der Waals surface area contributed by atoms with Crippen LogP contribution in [0.5, 0.6) is 0 Å². The molecule has 2 fully saturated rings. The van der Waals surface area contributed by atoms with Gasteiger partial charge in [-0.15, -0.1) is 0 Å². The first kappa shape index (κ1) is 20.6. The summed E-state index contributed by atoms with van der Waals surface area (Å²) in [6.07, 6.45) is 1.18. The number of hydrogen-bond acceptors (Lipinski definition) is 2. The predicted molar refractivity (Wildman–Crippen MR) is 126 cm³/mol. The standard InChI is InChI=1S/C25H28BrN3O2/c1-24(2,3)22-25(14-29(22)23(30)31)12-16(13-25)21-27-20(26)19(28(21)4)18-11-7-9-15-8-5-6-10-17(15)18/h5-11,16,22H,12-14H2,1-4H3,(H,30,31). The van der Waals surface area contributed by atoms with Crippen LogP contribution in [0.25, 0.3) is 22.0 Å². The molecule has 1 N–H and O–H groups in total. The van der Waals surface area contributed by atoms with Crippen molar-refractivity contribution in [1.82, 2.24) is 14.5 Å². The van der Waals surface area contributed by atoms with Crippen LogP contribution in [0.4, 0.5) is 4.79 Å². The third kappa shape index (κ3) is 3.02. The molecule has 2 aromatic carbocycles. The molecule has 6 heteroatoms. The lowest BCUT2D eigenvalue weighted by molar-refractivity contribution is -0.159. The van der Waals surface area contributed by atoms with Gasteiger partial charge in [-0.3, -0.25) is 0 Å². The zero-order valence-corrected chi connectivity index (χ0v) is 20.0. The van der Waals surface area contributed by atoms with E-state index in [-0.39, 0.29) is 16.9 Å². The molecule has 1 saturated heterocycles. The van der Waals surface area contributed by atoms with E-state index in [0.717, 1.165) is 29.0 Å². The van der Waals surface area contributed by atoms with Gasteiger partial charge >= 0.3 is 6.09 Å². The van der Waals surface area contributed by atoms with Crippen molar-refractivity contribution >= 4 is 32.8 Å². The average Bonchev–Trinajstić information content (AvgIpc) is 2.92. The van der Waals surface area contributed by atoms with E-state index in [9.17, 15) is 9.90 Å². The number of rotatable bonds is 2. The smallest absolute Gasteiger partial charge is 0.407 e. The molecule has 1 unspecified atom stereocenters. The van der Waals surface area contributed by atoms with Crippen molar-refractivity contribution in [1.29, 1.82) is 0 Å². The molecule has 1 aliphatic carbocycles. The minimum Gasteiger partial charge on any atom is -0.465 e. The van der Waals surface area contributed by atoms with E-state index >= 15 is 0 Å². The van der Waals surface area contributed by atoms with E-state index in [4.69, 9.17) is 4.98 Å². The third-order valence-electron chi connectivity index (χ3n) is 7.25. The molecule has 2 aliphatic rings. The maximum Gasteiger partial charge on any atom is 0.407 e. The fourth-order valence-electron chi connectivity index (χ4n) is 6.33. The molecule has 2 heterocycles. The molecule has 1 atom stereocenters. The van der Waals surface area contributed by atoms with E-state index in [2.05, 4.69) is 90.8 Å². The summed E-state index contributed by atoms with van der Waals surface area (Å²) in [4.78, 5) is 18.2. The molecule has 1 spiro atoms. The Bertz CT molecular complexity index is 1180. The van der Waals surface area contributed by atoms with Gasteiger partial charge < -0.3 is 14.6 Å². The van der Waals surface area contributed by atoms with Gasteiger partial charge in [-0.25, -0.2) is 9.78 Å². The van der Waals surface area contributed by atoms with Crippen LogP contribution >= 0.6 is 15.9 Å². The number of carbonyl (C=O) groups is 1. The highest BCUT2D eigenvalue weighted by Gasteiger charge is 2.64. The first-order valence-electron chi connectivity index (χ1n) is 10.8. The Labute approximate surface area is 191 Å². The number of hydrogen-bond donors (Lipinski definition) is 1. The summed E-state index contributed by atoms with van der Waals surface area (Å²) in [7, 11) is 2.10. The first-order valence-corrected chi connectivity index (χ1v) is 11.6. The van der Waals surface area contributed by atoms with Crippen molar-refractivity contribution in [2.24, 2.45) is 17.9 Å². The Morgan fingerprint density at radius 1 is 1.16 bits per heavy atom. The van der Waals surface area contributed by atoms with E-state index in [1.54, 1.807) is 4.90 Å². The van der Waals surface area contributed by atoms with Crippen molar-refractivity contribution < 1.29 is 9.90 Å². The molecule has 0 radical (unpaired) electrons. The topological polar surface area (TPSA) is 58.4 Å². The number of halogens is 1. The molecule has 5 rings (SSSR count). The second kappa shape index (κ2) is 6.83. The minimum absolute atomic E-state index is 0.0648. The van der Waals surface area contributed by atoms with E-state index in [1.807, 2.05) is 0 Å². The van der Waals surface area contributed by atoms with Crippen molar-refractivity contribution in [3.05, 3.63) is 52.9 Å². The summed E-state index contributed by atoms with van der Waals surface area (Å²) in [5.74, 6) is 1.44. The van der Waals surface area contributed by atoms with Gasteiger partial charge in [-0.1, -0.05) is 63.2 Å². The lowest BCUT2D eigenvalue weighted by Crippen LogP contribution is -2.73. The molecular formula is C25H28BrN3O2. The summed E-state index contributed by atoms with van der Waals surface area (Å²) < 4.78 is 3.10. The summed E-state index contributed by atoms with van der Waals surface area (Å²) in [5, 5.41) is 12.0. The summed E-state index contributed by atoms with van der Waals surface area (Å²) >= 11 is 3.73. The second-order valence-electron chi connectivity index (χ2n) is 10.3. The fourth-order valence-corrected chi connectivity index (χ4v) is 6.99. The monoisotopic (exact) mass is 481 g/mol. The van der Waals surface area contributed by atoms with Gasteiger partial charge in [-0.05, 0) is 45.0 Å². The summed E-state index contributed by atoms with van der Waals surface area (Å²) in [6.45, 7) is 7.09. The zero-order valence-electron chi connectivity index (χ0n) is 18.4. The predicted octanol–water partition coefficient (Wildman–Crippen LogP) is 6.27. The Kier molecular flexibility index (Phi) is 4.53. The Hall–Kier alpha value is -2.34. The van der Waals surface area contributed by atoms with Gasteiger partial charge in [-0.2, -0.15) is 0 Å². The summed E-state index contributed by atoms with van der Waals surface area (Å²) in [6, 6.07) is 14.9. The maximum atomic E-state index is 11.7. The van der Waals surface area contributed by atoms with E-state index in [1.165, 1.54) is 16.3 Å². The number of likely N-dealkylation sites (tertiary alicyclic amines) is 1. The van der Waals surface area contributed by atoms with E-state index < -0.39 is 6.09 Å². The van der Waals surface area contributed by atoms with Gasteiger partial charge in [0.25, 0.3) is 0 Å². The normalized spacial score (nSPS) is 25.5. The molecule has 162 valence electrons. The van der Waals surface area contributed by atoms with Gasteiger partial charge in [0.2, 0.25) is 0 Å². The van der Waals surface area contributed by atoms with E-state index in [0.29, 0.717) is 12.5 Å². The van der Waals surface area contributed by atoms with Crippen LogP contribution in [0, 0.1) is 10.8 Å². The highest BCUT2D eigenvalue weighted by Crippen LogP contribution is 2.63. The molecule has 1 aliphatic heterocycles. The molecule has 31 heavy (non-hydrogen) atoms. The van der Waals surface area contributed by atoms with Gasteiger partial charge in [0.1, 0.15) is 10.4 Å². The molecule has 1 saturated carbocycles. The van der Waals surface area contributed by atoms with Gasteiger partial charge in [0.15, 0.2) is 0 Å². The Balaban J connectivity index is 1.46. The minimum atomic E-state index is -0.799. The van der Waals surface area contributed by atoms with Crippen LogP contribution in [0.1, 0.15) is 45.4 Å². The van der Waals surface area contributed by atoms with Crippen LogP contribution in [0.3, 0.4) is 0 Å². The molecular weight excluding hydrogens is 454 g/mol. The van der Waals surface area contributed by atoms with Crippen LogP contribution in [0.15, 0.2) is 47.1 Å². The number of amides is 1. The summed E-state index contributed by atoms with van der Waals surface area (Å²) in [5.41, 5.74) is 2.28. The Morgan fingerprint density at radius 3 is 2.52 bits per heavy atom. The third-order valence-corrected chi connectivity index (χ3v) is 7.80. The molecule has 1 aromatic heterocycles. The van der Waals surface area contributed by atoms with Crippen molar-refractivity contribution in [3.63, 3.8) is 0 Å². The number of fused-ring (bicyclic) bond motifs is 1. The highest BCUT2D eigenvalue weighted by molar-refractivity contribution is 9.10. The van der Waals surface area contributed by atoms with Crippen LogP contribution in [0.2, 0.25) is 0 Å². The lowest BCUT2D eigenvalue weighted by atomic mass is 9.48. The number of benzene rings is 2. The van der Waals surface area contributed by atoms with Crippen molar-refractivity contribution in [2.45, 2.75) is 45.6 Å². The molecule has 0 bridgehead atoms. The number of aromatic nitrogens is 2. The fraction of sp³-hybridized carbons (Fsp3) is 0.440. The number of imidazole rings is 1. The average molecular weight is 482 g/mol. The molecule has 5 nitrogen and oxygen atoms in total. The van der Waals surface area contributed by atoms with Crippen LogP contribution < -0.4 is 0 Å². The largest absolute Gasteiger partial charge is 0.465 e. The Morgan fingerprint density at radius 2 is 1.84 bits per heavy atom. The second-order valence-corrected chi connectivity index (χ2v) is 11.1. The SMILES string of the molecule is Cn1c(C2CC3(C2)CN(C(=O)O)C3C(C)(C)C)nc(Br)c1-c1cccc2ccccc12. The zero-order chi connectivity index (χ0) is 22.1. The van der Waals surface area contributed by atoms with Crippen molar-refractivity contribution in [3.8, 4) is 11.3 Å².